The van der Waals surface area contributed by atoms with Crippen LogP contribution in [0.5, 0.6) is 5.88 Å². The molecule has 1 aromatic carbocycles. The van der Waals surface area contributed by atoms with Gasteiger partial charge in [-0.2, -0.15) is 0 Å². The van der Waals surface area contributed by atoms with Gasteiger partial charge in [0.2, 0.25) is 5.88 Å². The van der Waals surface area contributed by atoms with E-state index in [0.29, 0.717) is 12.5 Å². The van der Waals surface area contributed by atoms with Gasteiger partial charge in [0.25, 0.3) is 0 Å². The minimum atomic E-state index is 0.500. The van der Waals surface area contributed by atoms with Crippen LogP contribution in [-0.2, 0) is 6.54 Å². The summed E-state index contributed by atoms with van der Waals surface area (Å²) in [6.07, 6.45) is 5.77. The fourth-order valence-electron chi connectivity index (χ4n) is 1.79. The molecule has 0 aliphatic carbocycles. The predicted octanol–water partition coefficient (Wildman–Crippen LogP) is 3.66. The molecule has 0 unspecified atom stereocenters. The van der Waals surface area contributed by atoms with Gasteiger partial charge in [-0.05, 0) is 40.7 Å². The van der Waals surface area contributed by atoms with Crippen LogP contribution in [0.3, 0.4) is 0 Å². The topological polar surface area (TPSA) is 34.2 Å². The zero-order valence-electron chi connectivity index (χ0n) is 11.3. The molecule has 0 saturated heterocycles. The lowest BCUT2D eigenvalue weighted by Gasteiger charge is -2.08. The Labute approximate surface area is 127 Å². The number of aromatic nitrogens is 1. The quantitative estimate of drug-likeness (QED) is 0.876. The highest BCUT2D eigenvalue weighted by Crippen LogP contribution is 2.19. The average molecular weight is 333 g/mol. The molecule has 0 fully saturated rings. The molecule has 0 aliphatic rings. The molecule has 20 heavy (non-hydrogen) atoms. The van der Waals surface area contributed by atoms with Gasteiger partial charge in [0.1, 0.15) is 6.61 Å². The molecule has 1 aromatic heterocycles. The van der Waals surface area contributed by atoms with Gasteiger partial charge >= 0.3 is 0 Å². The number of nitrogens with one attached hydrogen (secondary N) is 1. The first-order chi connectivity index (χ1) is 9.79. The molecule has 0 aliphatic heterocycles. The van der Waals surface area contributed by atoms with E-state index in [1.54, 1.807) is 6.20 Å². The summed E-state index contributed by atoms with van der Waals surface area (Å²) in [5.41, 5.74) is 2.20. The smallest absolute Gasteiger partial charge is 0.218 e. The minimum Gasteiger partial charge on any atom is -0.473 e. The van der Waals surface area contributed by atoms with Gasteiger partial charge in [-0.15, -0.1) is 0 Å². The highest BCUT2D eigenvalue weighted by Gasteiger charge is 2.04. The SMILES string of the molecule is CNCc1cc(Br)cnc1OCC=Cc1ccccc1. The normalized spacial score (nSPS) is 10.9. The molecule has 0 saturated carbocycles. The number of pyridine rings is 1. The second-order valence-electron chi connectivity index (χ2n) is 4.27. The van der Waals surface area contributed by atoms with Crippen molar-refractivity contribution in [3.63, 3.8) is 0 Å². The fraction of sp³-hybridized carbons (Fsp3) is 0.188. The van der Waals surface area contributed by atoms with Crippen LogP contribution in [0.25, 0.3) is 6.08 Å². The van der Waals surface area contributed by atoms with Gasteiger partial charge in [-0.1, -0.05) is 36.4 Å². The van der Waals surface area contributed by atoms with Crippen molar-refractivity contribution < 1.29 is 4.74 Å². The Hall–Kier alpha value is -1.65. The van der Waals surface area contributed by atoms with E-state index in [4.69, 9.17) is 4.74 Å². The van der Waals surface area contributed by atoms with Crippen molar-refractivity contribution in [2.24, 2.45) is 0 Å². The first-order valence-electron chi connectivity index (χ1n) is 6.43. The molecule has 0 spiro atoms. The third kappa shape index (κ3) is 4.47. The number of halogens is 1. The lowest BCUT2D eigenvalue weighted by Crippen LogP contribution is -2.08. The maximum atomic E-state index is 5.71. The Bertz CT molecular complexity index is 570. The number of nitrogens with zero attached hydrogens (tertiary/aromatic N) is 1. The average Bonchev–Trinajstić information content (AvgIpc) is 2.47. The maximum Gasteiger partial charge on any atom is 0.218 e. The standard InChI is InChI=1S/C16H17BrN2O/c1-18-11-14-10-15(17)12-19-16(14)20-9-5-8-13-6-3-2-4-7-13/h2-8,10,12,18H,9,11H2,1H3. The third-order valence-corrected chi connectivity index (χ3v) is 3.12. The van der Waals surface area contributed by atoms with Gasteiger partial charge in [0.15, 0.2) is 0 Å². The molecule has 0 bridgehead atoms. The van der Waals surface area contributed by atoms with E-state index in [9.17, 15) is 0 Å². The van der Waals surface area contributed by atoms with Crippen molar-refractivity contribution in [2.75, 3.05) is 13.7 Å². The van der Waals surface area contributed by atoms with Gasteiger partial charge < -0.3 is 10.1 Å². The second kappa shape index (κ2) is 7.82. The molecule has 4 heteroatoms. The molecule has 0 radical (unpaired) electrons. The minimum absolute atomic E-state index is 0.500. The van der Waals surface area contributed by atoms with Crippen LogP contribution in [0, 0.1) is 0 Å². The van der Waals surface area contributed by atoms with Crippen LogP contribution >= 0.6 is 15.9 Å². The number of benzene rings is 1. The number of hydrogen-bond acceptors (Lipinski definition) is 3. The highest BCUT2D eigenvalue weighted by atomic mass is 79.9. The molecule has 1 N–H and O–H groups in total. The van der Waals surface area contributed by atoms with Crippen molar-refractivity contribution in [3.8, 4) is 5.88 Å². The molecular formula is C16H17BrN2O. The van der Waals surface area contributed by atoms with Crippen LogP contribution in [0.15, 0.2) is 53.1 Å². The largest absolute Gasteiger partial charge is 0.473 e. The van der Waals surface area contributed by atoms with E-state index in [1.807, 2.05) is 43.5 Å². The van der Waals surface area contributed by atoms with Crippen molar-refractivity contribution in [1.29, 1.82) is 0 Å². The molecule has 2 rings (SSSR count). The van der Waals surface area contributed by atoms with E-state index in [0.717, 1.165) is 22.1 Å². The summed E-state index contributed by atoms with van der Waals surface area (Å²) >= 11 is 3.42. The second-order valence-corrected chi connectivity index (χ2v) is 5.19. The zero-order valence-corrected chi connectivity index (χ0v) is 12.9. The first kappa shape index (κ1) is 14.8. The van der Waals surface area contributed by atoms with E-state index in [1.165, 1.54) is 0 Å². The molecule has 2 aromatic rings. The van der Waals surface area contributed by atoms with E-state index in [2.05, 4.69) is 38.4 Å². The van der Waals surface area contributed by atoms with Crippen LogP contribution < -0.4 is 10.1 Å². The summed E-state index contributed by atoms with van der Waals surface area (Å²) in [6.45, 7) is 1.23. The fourth-order valence-corrected chi connectivity index (χ4v) is 2.17. The van der Waals surface area contributed by atoms with Crippen molar-refractivity contribution >= 4 is 22.0 Å². The summed E-state index contributed by atoms with van der Waals surface area (Å²) in [7, 11) is 1.90. The van der Waals surface area contributed by atoms with E-state index in [-0.39, 0.29) is 0 Å². The maximum absolute atomic E-state index is 5.71. The molecule has 0 atom stereocenters. The lowest BCUT2D eigenvalue weighted by atomic mass is 10.2. The molecular weight excluding hydrogens is 316 g/mol. The highest BCUT2D eigenvalue weighted by molar-refractivity contribution is 9.10. The first-order valence-corrected chi connectivity index (χ1v) is 7.22. The van der Waals surface area contributed by atoms with Crippen molar-refractivity contribution in [3.05, 3.63) is 64.3 Å². The van der Waals surface area contributed by atoms with E-state index < -0.39 is 0 Å². The van der Waals surface area contributed by atoms with E-state index >= 15 is 0 Å². The van der Waals surface area contributed by atoms with Crippen molar-refractivity contribution in [1.82, 2.24) is 10.3 Å². The van der Waals surface area contributed by atoms with Crippen LogP contribution in [0.2, 0.25) is 0 Å². The molecule has 104 valence electrons. The van der Waals surface area contributed by atoms with Gasteiger partial charge in [0, 0.05) is 22.8 Å². The Morgan fingerprint density at radius 1 is 1.30 bits per heavy atom. The third-order valence-electron chi connectivity index (χ3n) is 2.69. The number of hydrogen-bond donors (Lipinski definition) is 1. The summed E-state index contributed by atoms with van der Waals surface area (Å²) in [4.78, 5) is 4.30. The number of rotatable bonds is 6. The Kier molecular flexibility index (Phi) is 5.77. The summed E-state index contributed by atoms with van der Waals surface area (Å²) in [5.74, 6) is 0.667. The van der Waals surface area contributed by atoms with Gasteiger partial charge in [-0.3, -0.25) is 0 Å². The summed E-state index contributed by atoms with van der Waals surface area (Å²) in [6, 6.07) is 12.2. The van der Waals surface area contributed by atoms with Gasteiger partial charge in [-0.25, -0.2) is 4.98 Å². The molecule has 0 amide bonds. The van der Waals surface area contributed by atoms with Crippen LogP contribution in [0.1, 0.15) is 11.1 Å². The Morgan fingerprint density at radius 2 is 2.10 bits per heavy atom. The number of ether oxygens (including phenoxy) is 1. The Morgan fingerprint density at radius 3 is 2.85 bits per heavy atom. The van der Waals surface area contributed by atoms with Crippen molar-refractivity contribution in [2.45, 2.75) is 6.54 Å². The lowest BCUT2D eigenvalue weighted by molar-refractivity contribution is 0.344. The Balaban J connectivity index is 1.95. The van der Waals surface area contributed by atoms with Gasteiger partial charge in [0.05, 0.1) is 0 Å². The predicted molar refractivity (Wildman–Crippen MR) is 85.7 cm³/mol. The van der Waals surface area contributed by atoms with Crippen LogP contribution in [0.4, 0.5) is 0 Å². The summed E-state index contributed by atoms with van der Waals surface area (Å²) in [5, 5.41) is 3.11. The van der Waals surface area contributed by atoms with Crippen LogP contribution in [-0.4, -0.2) is 18.6 Å². The zero-order chi connectivity index (χ0) is 14.2. The monoisotopic (exact) mass is 332 g/mol. The molecule has 3 nitrogen and oxygen atoms in total. The molecule has 1 heterocycles. The summed E-state index contributed by atoms with van der Waals surface area (Å²) < 4.78 is 6.66.